The summed E-state index contributed by atoms with van der Waals surface area (Å²) in [5.41, 5.74) is 0.417. The summed E-state index contributed by atoms with van der Waals surface area (Å²) in [6.45, 7) is 0. The van der Waals surface area contributed by atoms with Crippen LogP contribution in [0.15, 0.2) is 52.8 Å². The summed E-state index contributed by atoms with van der Waals surface area (Å²) in [4.78, 5) is 52.3. The summed E-state index contributed by atoms with van der Waals surface area (Å²) in [5, 5.41) is 13.7. The van der Waals surface area contributed by atoms with Crippen molar-refractivity contribution < 1.29 is 24.3 Å². The van der Waals surface area contributed by atoms with Gasteiger partial charge in [-0.25, -0.2) is 4.79 Å². The van der Waals surface area contributed by atoms with E-state index in [1.165, 1.54) is 12.3 Å². The van der Waals surface area contributed by atoms with Crippen molar-refractivity contribution in [3.63, 3.8) is 0 Å². The summed E-state index contributed by atoms with van der Waals surface area (Å²) in [7, 11) is 0. The fourth-order valence-corrected chi connectivity index (χ4v) is 4.21. The Bertz CT molecular complexity index is 908. The molecule has 0 aromatic rings. The number of carbonyl (C=O) groups excluding carboxylic acids is 3. The molecule has 2 heterocycles. The molecule has 2 aliphatic carbocycles. The second-order valence-corrected chi connectivity index (χ2v) is 6.57. The Hall–Kier alpha value is -3.29. The molecular weight excluding hydrogens is 338 g/mol. The fourth-order valence-electron chi connectivity index (χ4n) is 4.21. The van der Waals surface area contributed by atoms with Gasteiger partial charge in [0.05, 0.1) is 28.7 Å². The summed E-state index contributed by atoms with van der Waals surface area (Å²) < 4.78 is 0. The first-order valence-corrected chi connectivity index (χ1v) is 8.18. The van der Waals surface area contributed by atoms with Gasteiger partial charge in [0.15, 0.2) is 5.78 Å². The van der Waals surface area contributed by atoms with Crippen LogP contribution in [0.25, 0.3) is 0 Å². The minimum Gasteiger partial charge on any atom is -0.465 e. The third-order valence-corrected chi connectivity index (χ3v) is 5.24. The number of aliphatic imine (C=N–C) groups is 1. The highest BCUT2D eigenvalue weighted by Gasteiger charge is 2.57. The maximum absolute atomic E-state index is 12.8. The first kappa shape index (κ1) is 16.2. The zero-order valence-corrected chi connectivity index (χ0v) is 13.6. The molecule has 26 heavy (non-hydrogen) atoms. The van der Waals surface area contributed by atoms with Crippen molar-refractivity contribution in [2.45, 2.75) is 12.8 Å². The molecule has 2 aliphatic heterocycles. The Morgan fingerprint density at radius 3 is 2.85 bits per heavy atom. The molecule has 132 valence electrons. The molecule has 0 saturated carbocycles. The summed E-state index contributed by atoms with van der Waals surface area (Å²) in [6, 6.07) is 0. The van der Waals surface area contributed by atoms with Gasteiger partial charge < -0.3 is 5.11 Å². The van der Waals surface area contributed by atoms with Gasteiger partial charge in [-0.15, -0.1) is 0 Å². The van der Waals surface area contributed by atoms with Gasteiger partial charge in [0.2, 0.25) is 11.8 Å². The van der Waals surface area contributed by atoms with E-state index in [2.05, 4.69) is 15.6 Å². The number of nitrogens with one attached hydrogen (secondary N) is 2. The zero-order chi connectivity index (χ0) is 18.5. The van der Waals surface area contributed by atoms with Crippen molar-refractivity contribution in [2.24, 2.45) is 22.2 Å². The van der Waals surface area contributed by atoms with E-state index < -0.39 is 29.3 Å². The van der Waals surface area contributed by atoms with Crippen molar-refractivity contribution >= 4 is 29.4 Å². The average Bonchev–Trinajstić information content (AvgIpc) is 2.96. The molecule has 4 rings (SSSR count). The van der Waals surface area contributed by atoms with Gasteiger partial charge in [0, 0.05) is 18.2 Å². The number of carboxylic acid groups (broad SMARTS) is 1. The number of allylic oxidation sites excluding steroid dienone is 6. The third-order valence-electron chi connectivity index (χ3n) is 5.24. The number of piperidine rings is 1. The largest absolute Gasteiger partial charge is 0.465 e. The zero-order valence-electron chi connectivity index (χ0n) is 13.6. The van der Waals surface area contributed by atoms with Crippen LogP contribution in [0.1, 0.15) is 12.8 Å². The van der Waals surface area contributed by atoms with Crippen LogP contribution in [0.2, 0.25) is 0 Å². The van der Waals surface area contributed by atoms with Crippen LogP contribution in [-0.2, 0) is 14.4 Å². The quantitative estimate of drug-likeness (QED) is 0.635. The van der Waals surface area contributed by atoms with Crippen LogP contribution < -0.4 is 10.6 Å². The van der Waals surface area contributed by atoms with Crippen LogP contribution in [0.3, 0.4) is 0 Å². The molecule has 3 N–H and O–H groups in total. The SMILES string of the molecule is O=C(O)NC1=CC=CC23C1=CN=C2C=CC(=O)C3C1CCC(=O)NC1=O. The van der Waals surface area contributed by atoms with E-state index in [-0.39, 0.29) is 24.5 Å². The first-order valence-electron chi connectivity index (χ1n) is 8.18. The number of imide groups is 1. The minimum atomic E-state index is -1.23. The van der Waals surface area contributed by atoms with E-state index in [0.717, 1.165) is 0 Å². The summed E-state index contributed by atoms with van der Waals surface area (Å²) >= 11 is 0. The standard InChI is InChI=1S/C18H15N3O5/c22-12-4-5-13-18(15(12)9-3-6-14(23)21-16(9)24)7-1-2-11(20-17(25)26)10(18)8-19-13/h1-2,4-5,7-9,15,20H,3,6H2,(H,25,26)(H,21,23,24). The fraction of sp³-hybridized carbons (Fsp3) is 0.278. The van der Waals surface area contributed by atoms with Crippen LogP contribution >= 0.6 is 0 Å². The van der Waals surface area contributed by atoms with E-state index in [4.69, 9.17) is 5.11 Å². The molecule has 3 amide bonds. The maximum Gasteiger partial charge on any atom is 0.409 e. The lowest BCUT2D eigenvalue weighted by Crippen LogP contribution is -2.54. The monoisotopic (exact) mass is 353 g/mol. The second-order valence-electron chi connectivity index (χ2n) is 6.57. The highest BCUT2D eigenvalue weighted by Crippen LogP contribution is 2.53. The van der Waals surface area contributed by atoms with E-state index in [0.29, 0.717) is 17.0 Å². The predicted octanol–water partition coefficient (Wildman–Crippen LogP) is 0.840. The van der Waals surface area contributed by atoms with Gasteiger partial charge in [0.25, 0.3) is 0 Å². The Kier molecular flexibility index (Phi) is 3.50. The summed E-state index contributed by atoms with van der Waals surface area (Å²) in [6.07, 6.45) is 8.75. The third kappa shape index (κ3) is 2.18. The molecule has 3 unspecified atom stereocenters. The molecular formula is C18H15N3O5. The van der Waals surface area contributed by atoms with Crippen molar-refractivity contribution in [1.82, 2.24) is 10.6 Å². The van der Waals surface area contributed by atoms with Crippen LogP contribution in [0.4, 0.5) is 4.79 Å². The second kappa shape index (κ2) is 5.62. The van der Waals surface area contributed by atoms with E-state index in [9.17, 15) is 19.2 Å². The molecule has 1 fully saturated rings. The topological polar surface area (TPSA) is 125 Å². The first-order chi connectivity index (χ1) is 12.4. The lowest BCUT2D eigenvalue weighted by Gasteiger charge is -2.44. The van der Waals surface area contributed by atoms with Crippen molar-refractivity contribution in [3.05, 3.63) is 47.9 Å². The van der Waals surface area contributed by atoms with Gasteiger partial charge in [-0.2, -0.15) is 0 Å². The number of rotatable bonds is 2. The Labute approximate surface area is 148 Å². The van der Waals surface area contributed by atoms with Gasteiger partial charge in [0.1, 0.15) is 0 Å². The molecule has 0 radical (unpaired) electrons. The number of carbonyl (C=O) groups is 4. The Balaban J connectivity index is 1.81. The number of ketones is 1. The van der Waals surface area contributed by atoms with Gasteiger partial charge >= 0.3 is 6.09 Å². The smallest absolute Gasteiger partial charge is 0.409 e. The highest BCUT2D eigenvalue weighted by atomic mass is 16.4. The Morgan fingerprint density at radius 1 is 1.31 bits per heavy atom. The van der Waals surface area contributed by atoms with Gasteiger partial charge in [-0.1, -0.05) is 12.2 Å². The van der Waals surface area contributed by atoms with Crippen LogP contribution in [0.5, 0.6) is 0 Å². The molecule has 0 aromatic carbocycles. The van der Waals surface area contributed by atoms with Crippen LogP contribution in [-0.4, -0.2) is 34.5 Å². The van der Waals surface area contributed by atoms with Gasteiger partial charge in [-0.3, -0.25) is 30.0 Å². The van der Waals surface area contributed by atoms with Crippen LogP contribution in [0, 0.1) is 17.3 Å². The van der Waals surface area contributed by atoms with Crippen molar-refractivity contribution in [3.8, 4) is 0 Å². The molecule has 1 saturated heterocycles. The molecule has 8 nitrogen and oxygen atoms in total. The molecule has 8 heteroatoms. The van der Waals surface area contributed by atoms with E-state index in [1.54, 1.807) is 24.3 Å². The number of nitrogens with zero attached hydrogens (tertiary/aromatic N) is 1. The van der Waals surface area contributed by atoms with Crippen molar-refractivity contribution in [1.29, 1.82) is 0 Å². The lowest BCUT2D eigenvalue weighted by molar-refractivity contribution is -0.141. The van der Waals surface area contributed by atoms with Gasteiger partial charge in [-0.05, 0) is 24.6 Å². The minimum absolute atomic E-state index is 0.158. The number of hydrogen-bond acceptors (Lipinski definition) is 5. The average molecular weight is 353 g/mol. The molecule has 4 aliphatic rings. The number of hydrogen-bond donors (Lipinski definition) is 3. The Morgan fingerprint density at radius 2 is 2.12 bits per heavy atom. The van der Waals surface area contributed by atoms with E-state index >= 15 is 0 Å². The molecule has 0 bridgehead atoms. The predicted molar refractivity (Wildman–Crippen MR) is 89.8 cm³/mol. The summed E-state index contributed by atoms with van der Waals surface area (Å²) in [5.74, 6) is -2.57. The maximum atomic E-state index is 12.8. The normalized spacial score (nSPS) is 32.2. The lowest BCUT2D eigenvalue weighted by atomic mass is 9.57. The molecule has 0 aromatic heterocycles. The number of amides is 3. The van der Waals surface area contributed by atoms with Crippen molar-refractivity contribution in [2.75, 3.05) is 0 Å². The molecule has 3 atom stereocenters. The molecule has 1 spiro atoms. The highest BCUT2D eigenvalue weighted by molar-refractivity contribution is 6.18. The van der Waals surface area contributed by atoms with E-state index in [1.807, 2.05) is 0 Å².